The van der Waals surface area contributed by atoms with Crippen molar-refractivity contribution in [1.29, 1.82) is 0 Å². The van der Waals surface area contributed by atoms with Crippen LogP contribution in [0.5, 0.6) is 0 Å². The minimum Gasteiger partial charge on any atom is -0.365 e. The van der Waals surface area contributed by atoms with Crippen molar-refractivity contribution in [2.45, 2.75) is 6.54 Å². The third-order valence-corrected chi connectivity index (χ3v) is 3.12. The van der Waals surface area contributed by atoms with Crippen molar-refractivity contribution >= 4 is 29.1 Å². The molecular weight excluding hydrogens is 307 g/mol. The van der Waals surface area contributed by atoms with Crippen LogP contribution in [0.3, 0.4) is 0 Å². The highest BCUT2D eigenvalue weighted by atomic mass is 35.5. The third-order valence-electron chi connectivity index (χ3n) is 2.85. The third kappa shape index (κ3) is 3.50. The molecule has 22 heavy (non-hydrogen) atoms. The average Bonchev–Trinajstić information content (AvgIpc) is 3.01. The highest BCUT2D eigenvalue weighted by Gasteiger charge is 2.06. The van der Waals surface area contributed by atoms with E-state index in [2.05, 4.69) is 30.8 Å². The average molecular weight is 319 g/mol. The fourth-order valence-electron chi connectivity index (χ4n) is 1.83. The summed E-state index contributed by atoms with van der Waals surface area (Å²) >= 11 is 6.07. The summed E-state index contributed by atoms with van der Waals surface area (Å²) in [4.78, 5) is 8.37. The number of H-pyrrole nitrogens is 1. The Morgan fingerprint density at radius 2 is 2.18 bits per heavy atom. The molecule has 1 aromatic carbocycles. The van der Waals surface area contributed by atoms with E-state index in [1.54, 1.807) is 18.5 Å². The van der Waals surface area contributed by atoms with Gasteiger partial charge in [0, 0.05) is 12.7 Å². The minimum atomic E-state index is -0.282. The van der Waals surface area contributed by atoms with Gasteiger partial charge < -0.3 is 10.6 Å². The highest BCUT2D eigenvalue weighted by molar-refractivity contribution is 6.32. The van der Waals surface area contributed by atoms with E-state index in [0.29, 0.717) is 23.3 Å². The molecular formula is C14H12ClFN6. The molecule has 0 aliphatic heterocycles. The SMILES string of the molecule is Fc1cccc(CNc2nc(Nc3cn[nH]c3)ncc2Cl)c1. The zero-order chi connectivity index (χ0) is 15.4. The van der Waals surface area contributed by atoms with Crippen molar-refractivity contribution in [3.05, 3.63) is 59.3 Å². The molecule has 0 spiro atoms. The molecule has 8 heteroatoms. The van der Waals surface area contributed by atoms with E-state index < -0.39 is 0 Å². The van der Waals surface area contributed by atoms with Crippen LogP contribution in [0.1, 0.15) is 5.56 Å². The lowest BCUT2D eigenvalue weighted by atomic mass is 10.2. The number of aromatic amines is 1. The van der Waals surface area contributed by atoms with Crippen LogP contribution in [-0.2, 0) is 6.54 Å². The number of aromatic nitrogens is 4. The first kappa shape index (κ1) is 14.3. The van der Waals surface area contributed by atoms with Gasteiger partial charge in [-0.2, -0.15) is 10.1 Å². The second kappa shape index (κ2) is 6.40. The molecule has 0 unspecified atom stereocenters. The maximum Gasteiger partial charge on any atom is 0.229 e. The van der Waals surface area contributed by atoms with E-state index >= 15 is 0 Å². The van der Waals surface area contributed by atoms with Crippen LogP contribution < -0.4 is 10.6 Å². The smallest absolute Gasteiger partial charge is 0.229 e. The zero-order valence-corrected chi connectivity index (χ0v) is 12.1. The van der Waals surface area contributed by atoms with E-state index in [1.807, 2.05) is 6.07 Å². The second-order valence-corrected chi connectivity index (χ2v) is 4.89. The van der Waals surface area contributed by atoms with Gasteiger partial charge in [-0.15, -0.1) is 0 Å². The molecule has 3 N–H and O–H groups in total. The molecule has 0 aliphatic rings. The van der Waals surface area contributed by atoms with Gasteiger partial charge >= 0.3 is 0 Å². The van der Waals surface area contributed by atoms with Crippen LogP contribution in [0.2, 0.25) is 5.02 Å². The number of halogens is 2. The predicted molar refractivity (Wildman–Crippen MR) is 82.6 cm³/mol. The van der Waals surface area contributed by atoms with Crippen molar-refractivity contribution in [2.75, 3.05) is 10.6 Å². The quantitative estimate of drug-likeness (QED) is 0.672. The Labute approximate surface area is 130 Å². The first-order valence-electron chi connectivity index (χ1n) is 6.47. The molecule has 2 aromatic heterocycles. The maximum absolute atomic E-state index is 13.1. The van der Waals surface area contributed by atoms with E-state index in [0.717, 1.165) is 11.3 Å². The number of hydrogen-bond donors (Lipinski definition) is 3. The lowest BCUT2D eigenvalue weighted by Gasteiger charge is -2.09. The van der Waals surface area contributed by atoms with Gasteiger partial charge in [-0.25, -0.2) is 9.37 Å². The lowest BCUT2D eigenvalue weighted by molar-refractivity contribution is 0.626. The van der Waals surface area contributed by atoms with Crippen molar-refractivity contribution in [1.82, 2.24) is 20.2 Å². The van der Waals surface area contributed by atoms with Gasteiger partial charge in [-0.05, 0) is 17.7 Å². The summed E-state index contributed by atoms with van der Waals surface area (Å²) < 4.78 is 13.1. The van der Waals surface area contributed by atoms with Gasteiger partial charge in [0.05, 0.1) is 18.1 Å². The van der Waals surface area contributed by atoms with Crippen LogP contribution in [0.15, 0.2) is 42.9 Å². The van der Waals surface area contributed by atoms with Gasteiger partial charge in [0.1, 0.15) is 10.8 Å². The molecule has 6 nitrogen and oxygen atoms in total. The molecule has 0 aliphatic carbocycles. The van der Waals surface area contributed by atoms with Gasteiger partial charge in [0.25, 0.3) is 0 Å². The Balaban J connectivity index is 1.72. The molecule has 2 heterocycles. The number of rotatable bonds is 5. The van der Waals surface area contributed by atoms with E-state index in [1.165, 1.54) is 18.3 Å². The van der Waals surface area contributed by atoms with Gasteiger partial charge in [0.15, 0.2) is 5.82 Å². The number of benzene rings is 1. The van der Waals surface area contributed by atoms with Crippen LogP contribution in [-0.4, -0.2) is 20.2 Å². The first-order valence-corrected chi connectivity index (χ1v) is 6.85. The van der Waals surface area contributed by atoms with Gasteiger partial charge in [0.2, 0.25) is 5.95 Å². The monoisotopic (exact) mass is 318 g/mol. The Morgan fingerprint density at radius 3 is 2.95 bits per heavy atom. The maximum atomic E-state index is 13.1. The van der Waals surface area contributed by atoms with Gasteiger partial charge in [-0.3, -0.25) is 5.10 Å². The van der Waals surface area contributed by atoms with Crippen molar-refractivity contribution < 1.29 is 4.39 Å². The Bertz CT molecular complexity index is 762. The molecule has 0 saturated heterocycles. The molecule has 0 amide bonds. The lowest BCUT2D eigenvalue weighted by Crippen LogP contribution is -2.05. The summed E-state index contributed by atoms with van der Waals surface area (Å²) in [5, 5.41) is 12.9. The van der Waals surface area contributed by atoms with E-state index in [9.17, 15) is 4.39 Å². The number of nitrogens with one attached hydrogen (secondary N) is 3. The topological polar surface area (TPSA) is 78.5 Å². The van der Waals surface area contributed by atoms with Crippen molar-refractivity contribution in [2.24, 2.45) is 0 Å². The van der Waals surface area contributed by atoms with Crippen molar-refractivity contribution in [3.63, 3.8) is 0 Å². The molecule has 3 aromatic rings. The zero-order valence-electron chi connectivity index (χ0n) is 11.3. The standard InChI is InChI=1S/C14H12ClFN6/c15-12-8-18-14(21-11-6-19-20-7-11)22-13(12)17-5-9-2-1-3-10(16)4-9/h1-4,6-8H,5H2,(H,19,20)(H2,17,18,21,22). The molecule has 0 fully saturated rings. The predicted octanol–water partition coefficient (Wildman–Crippen LogP) is 3.35. The van der Waals surface area contributed by atoms with Crippen LogP contribution >= 0.6 is 11.6 Å². The number of anilines is 3. The normalized spacial score (nSPS) is 10.5. The second-order valence-electron chi connectivity index (χ2n) is 4.49. The highest BCUT2D eigenvalue weighted by Crippen LogP contribution is 2.21. The van der Waals surface area contributed by atoms with Crippen LogP contribution in [0.4, 0.5) is 21.8 Å². The Morgan fingerprint density at radius 1 is 1.27 bits per heavy atom. The molecule has 0 atom stereocenters. The van der Waals surface area contributed by atoms with Crippen molar-refractivity contribution in [3.8, 4) is 0 Å². The molecule has 3 rings (SSSR count). The van der Waals surface area contributed by atoms with Crippen LogP contribution in [0.25, 0.3) is 0 Å². The summed E-state index contributed by atoms with van der Waals surface area (Å²) in [5.74, 6) is 0.565. The summed E-state index contributed by atoms with van der Waals surface area (Å²) in [5.41, 5.74) is 1.53. The van der Waals surface area contributed by atoms with E-state index in [-0.39, 0.29) is 5.82 Å². The summed E-state index contributed by atoms with van der Waals surface area (Å²) in [6.07, 6.45) is 4.78. The van der Waals surface area contributed by atoms with Gasteiger partial charge in [-0.1, -0.05) is 23.7 Å². The molecule has 0 radical (unpaired) electrons. The first-order chi connectivity index (χ1) is 10.7. The fraction of sp³-hybridized carbons (Fsp3) is 0.0714. The Kier molecular flexibility index (Phi) is 4.15. The minimum absolute atomic E-state index is 0.282. The summed E-state index contributed by atoms with van der Waals surface area (Å²) in [6, 6.07) is 6.32. The summed E-state index contributed by atoms with van der Waals surface area (Å²) in [6.45, 7) is 0.402. The largest absolute Gasteiger partial charge is 0.365 e. The fourth-order valence-corrected chi connectivity index (χ4v) is 1.99. The molecule has 112 valence electrons. The summed E-state index contributed by atoms with van der Waals surface area (Å²) in [7, 11) is 0. The Hall–Kier alpha value is -2.67. The number of hydrogen-bond acceptors (Lipinski definition) is 5. The molecule has 0 bridgehead atoms. The van der Waals surface area contributed by atoms with Crippen LogP contribution in [0, 0.1) is 5.82 Å². The van der Waals surface area contributed by atoms with E-state index in [4.69, 9.17) is 11.6 Å². The number of nitrogens with zero attached hydrogens (tertiary/aromatic N) is 3. The molecule has 0 saturated carbocycles.